The Labute approximate surface area is 317 Å². The SMILES string of the molecule is c1ccc(-c2nc(-c3cccc(-c4ccc5c6ccccc6c6ccccc6c5c4)c3)nc(-c3cc(-c4ccccc4)c4oc5ccccc5c4c3)n2)cc1. The molecule has 0 atom stereocenters. The molecular weight excluding hydrogens is 671 g/mol. The molecule has 2 heterocycles. The second-order valence-electron chi connectivity index (χ2n) is 14.0. The van der Waals surface area contributed by atoms with Crippen LogP contribution >= 0.6 is 0 Å². The van der Waals surface area contributed by atoms with Gasteiger partial charge in [-0.15, -0.1) is 0 Å². The van der Waals surface area contributed by atoms with Crippen LogP contribution in [0.2, 0.25) is 0 Å². The maximum Gasteiger partial charge on any atom is 0.164 e. The van der Waals surface area contributed by atoms with Crippen molar-refractivity contribution < 1.29 is 4.42 Å². The van der Waals surface area contributed by atoms with E-state index in [1.54, 1.807) is 0 Å². The van der Waals surface area contributed by atoms with Gasteiger partial charge in [-0.3, -0.25) is 0 Å². The van der Waals surface area contributed by atoms with Crippen molar-refractivity contribution in [2.24, 2.45) is 0 Å². The largest absolute Gasteiger partial charge is 0.455 e. The Morgan fingerprint density at radius 1 is 0.273 bits per heavy atom. The molecule has 55 heavy (non-hydrogen) atoms. The van der Waals surface area contributed by atoms with Crippen molar-refractivity contribution >= 4 is 54.3 Å². The number of rotatable bonds is 5. The van der Waals surface area contributed by atoms with Crippen molar-refractivity contribution in [2.45, 2.75) is 0 Å². The highest BCUT2D eigenvalue weighted by molar-refractivity contribution is 6.25. The van der Waals surface area contributed by atoms with Crippen molar-refractivity contribution in [3.05, 3.63) is 188 Å². The van der Waals surface area contributed by atoms with Crippen LogP contribution in [0, 0.1) is 0 Å². The van der Waals surface area contributed by atoms with Gasteiger partial charge in [0.1, 0.15) is 11.2 Å². The minimum absolute atomic E-state index is 0.600. The molecule has 0 radical (unpaired) electrons. The lowest BCUT2D eigenvalue weighted by Gasteiger charge is -2.13. The molecule has 9 aromatic carbocycles. The van der Waals surface area contributed by atoms with Gasteiger partial charge >= 0.3 is 0 Å². The highest BCUT2D eigenvalue weighted by atomic mass is 16.3. The van der Waals surface area contributed by atoms with Crippen LogP contribution in [0.5, 0.6) is 0 Å². The number of nitrogens with zero attached hydrogens (tertiary/aromatic N) is 3. The Morgan fingerprint density at radius 2 is 0.745 bits per heavy atom. The molecule has 0 bridgehead atoms. The Morgan fingerprint density at radius 3 is 1.44 bits per heavy atom. The van der Waals surface area contributed by atoms with Crippen molar-refractivity contribution in [1.82, 2.24) is 15.0 Å². The molecule has 0 aliphatic heterocycles. The molecule has 2 aromatic heterocycles. The summed E-state index contributed by atoms with van der Waals surface area (Å²) in [5.41, 5.74) is 8.71. The lowest BCUT2D eigenvalue weighted by molar-refractivity contribution is 0.670. The molecule has 0 saturated carbocycles. The third-order valence-electron chi connectivity index (χ3n) is 10.7. The van der Waals surface area contributed by atoms with Crippen molar-refractivity contribution in [3.63, 3.8) is 0 Å². The zero-order valence-corrected chi connectivity index (χ0v) is 29.6. The highest BCUT2D eigenvalue weighted by Crippen LogP contribution is 2.40. The van der Waals surface area contributed by atoms with E-state index in [4.69, 9.17) is 19.4 Å². The summed E-state index contributed by atoms with van der Waals surface area (Å²) in [6, 6.07) is 65.7. The van der Waals surface area contributed by atoms with Gasteiger partial charge in [-0.1, -0.05) is 158 Å². The average Bonchev–Trinajstić information content (AvgIpc) is 3.65. The second-order valence-corrected chi connectivity index (χ2v) is 14.0. The van der Waals surface area contributed by atoms with E-state index < -0.39 is 0 Å². The van der Waals surface area contributed by atoms with E-state index in [2.05, 4.69) is 133 Å². The zero-order valence-electron chi connectivity index (χ0n) is 29.6. The van der Waals surface area contributed by atoms with Gasteiger partial charge in [0, 0.05) is 33.0 Å². The molecular formula is C51H31N3O. The van der Waals surface area contributed by atoms with Crippen LogP contribution in [-0.4, -0.2) is 15.0 Å². The third-order valence-corrected chi connectivity index (χ3v) is 10.7. The lowest BCUT2D eigenvalue weighted by atomic mass is 9.92. The van der Waals surface area contributed by atoms with E-state index in [-0.39, 0.29) is 0 Å². The van der Waals surface area contributed by atoms with E-state index >= 15 is 0 Å². The van der Waals surface area contributed by atoms with Crippen molar-refractivity contribution in [1.29, 1.82) is 0 Å². The molecule has 256 valence electrons. The monoisotopic (exact) mass is 701 g/mol. The molecule has 4 heteroatoms. The Hall–Kier alpha value is -7.43. The summed E-state index contributed by atoms with van der Waals surface area (Å²) in [7, 11) is 0. The van der Waals surface area contributed by atoms with E-state index in [1.807, 2.05) is 54.6 Å². The third kappa shape index (κ3) is 5.26. The summed E-state index contributed by atoms with van der Waals surface area (Å²) in [6.45, 7) is 0. The minimum atomic E-state index is 0.600. The fraction of sp³-hybridized carbons (Fsp3) is 0. The van der Waals surface area contributed by atoms with E-state index in [9.17, 15) is 0 Å². The predicted molar refractivity (Wildman–Crippen MR) is 227 cm³/mol. The molecule has 0 saturated heterocycles. The number of benzene rings is 9. The summed E-state index contributed by atoms with van der Waals surface area (Å²) in [5.74, 6) is 1.83. The summed E-state index contributed by atoms with van der Waals surface area (Å²) >= 11 is 0. The van der Waals surface area contributed by atoms with Crippen LogP contribution in [0.15, 0.2) is 192 Å². The van der Waals surface area contributed by atoms with Crippen LogP contribution in [0.4, 0.5) is 0 Å². The molecule has 11 rings (SSSR count). The fourth-order valence-corrected chi connectivity index (χ4v) is 8.06. The van der Waals surface area contributed by atoms with E-state index in [1.165, 1.54) is 32.3 Å². The molecule has 0 N–H and O–H groups in total. The van der Waals surface area contributed by atoms with E-state index in [0.29, 0.717) is 17.5 Å². The van der Waals surface area contributed by atoms with Crippen LogP contribution in [0.1, 0.15) is 0 Å². The van der Waals surface area contributed by atoms with Gasteiger partial charge in [-0.05, 0) is 79.3 Å². The lowest BCUT2D eigenvalue weighted by Crippen LogP contribution is -2.00. The topological polar surface area (TPSA) is 51.8 Å². The first-order valence-corrected chi connectivity index (χ1v) is 18.5. The van der Waals surface area contributed by atoms with Crippen LogP contribution < -0.4 is 0 Å². The number of furan rings is 1. The number of hydrogen-bond acceptors (Lipinski definition) is 4. The standard InChI is InChI=1S/C51H31N3O/c1-3-14-32(15-4-1)44-30-37(31-46-43-24-11-12-25-47(43)55-48(44)46)51-53-49(33-16-5-2-6-17-33)52-50(54-51)36-19-13-18-34(28-36)35-26-27-42-40-22-8-7-20-38(40)39-21-9-10-23-41(39)45(42)29-35/h1-31H. The van der Waals surface area contributed by atoms with Gasteiger partial charge < -0.3 is 4.42 Å². The van der Waals surface area contributed by atoms with E-state index in [0.717, 1.165) is 60.9 Å². The molecule has 0 amide bonds. The number of aromatic nitrogens is 3. The quantitative estimate of drug-likeness (QED) is 0.168. The number of para-hydroxylation sites is 1. The van der Waals surface area contributed by atoms with Gasteiger partial charge in [0.05, 0.1) is 0 Å². The minimum Gasteiger partial charge on any atom is -0.455 e. The maximum atomic E-state index is 6.49. The molecule has 0 unspecified atom stereocenters. The average molecular weight is 702 g/mol. The zero-order chi connectivity index (χ0) is 36.3. The molecule has 4 nitrogen and oxygen atoms in total. The summed E-state index contributed by atoms with van der Waals surface area (Å²) in [5, 5.41) is 9.62. The first-order valence-electron chi connectivity index (χ1n) is 18.5. The fourth-order valence-electron chi connectivity index (χ4n) is 8.06. The molecule has 0 spiro atoms. The Balaban J connectivity index is 1.10. The highest BCUT2D eigenvalue weighted by Gasteiger charge is 2.19. The van der Waals surface area contributed by atoms with Gasteiger partial charge in [0.2, 0.25) is 0 Å². The summed E-state index contributed by atoms with van der Waals surface area (Å²) < 4.78 is 6.49. The molecule has 0 fully saturated rings. The Kier molecular flexibility index (Phi) is 7.14. The molecule has 11 aromatic rings. The van der Waals surface area contributed by atoms with Gasteiger partial charge in [0.15, 0.2) is 17.5 Å². The summed E-state index contributed by atoms with van der Waals surface area (Å²) in [4.78, 5) is 15.4. The molecule has 0 aliphatic rings. The van der Waals surface area contributed by atoms with Crippen LogP contribution in [-0.2, 0) is 0 Å². The van der Waals surface area contributed by atoms with Gasteiger partial charge in [-0.2, -0.15) is 0 Å². The van der Waals surface area contributed by atoms with Gasteiger partial charge in [-0.25, -0.2) is 15.0 Å². The maximum absolute atomic E-state index is 6.49. The normalized spacial score (nSPS) is 11.6. The first-order chi connectivity index (χ1) is 27.2. The van der Waals surface area contributed by atoms with Crippen molar-refractivity contribution in [3.8, 4) is 56.4 Å². The van der Waals surface area contributed by atoms with Crippen molar-refractivity contribution in [2.75, 3.05) is 0 Å². The summed E-state index contributed by atoms with van der Waals surface area (Å²) in [6.07, 6.45) is 0. The Bertz CT molecular complexity index is 3220. The van der Waals surface area contributed by atoms with Crippen LogP contribution in [0.3, 0.4) is 0 Å². The van der Waals surface area contributed by atoms with Gasteiger partial charge in [0.25, 0.3) is 0 Å². The second kappa shape index (κ2) is 12.6. The van der Waals surface area contributed by atoms with Crippen LogP contribution in [0.25, 0.3) is 111 Å². The predicted octanol–water partition coefficient (Wildman–Crippen LogP) is 13.6. The molecule has 0 aliphatic carbocycles. The number of fused-ring (bicyclic) bond motifs is 9. The first kappa shape index (κ1) is 31.1. The smallest absolute Gasteiger partial charge is 0.164 e. The number of hydrogen-bond donors (Lipinski definition) is 0.